The molecule has 1 aliphatic rings. The molecule has 35 heavy (non-hydrogen) atoms. The third-order valence-corrected chi connectivity index (χ3v) is 6.21. The third-order valence-electron chi connectivity index (χ3n) is 6.21. The fraction of sp³-hybridized carbons (Fsp3) is 0.276. The number of fused-ring (bicyclic) bond motifs is 2. The van der Waals surface area contributed by atoms with Crippen LogP contribution in [0.1, 0.15) is 42.4 Å². The predicted octanol–water partition coefficient (Wildman–Crippen LogP) is 5.08. The fourth-order valence-electron chi connectivity index (χ4n) is 4.40. The maximum atomic E-state index is 12.2. The molecule has 2 aromatic carbocycles. The van der Waals surface area contributed by atoms with Crippen molar-refractivity contribution in [2.45, 2.75) is 38.5 Å². The topological polar surface area (TPSA) is 65.5 Å². The van der Waals surface area contributed by atoms with Gasteiger partial charge in [0.25, 0.3) is 0 Å². The Morgan fingerprint density at radius 1 is 0.914 bits per heavy atom. The Morgan fingerprint density at radius 2 is 1.60 bits per heavy atom. The Labute approximate surface area is 207 Å². The summed E-state index contributed by atoms with van der Waals surface area (Å²) in [7, 11) is 0. The molecular weight excluding hydrogens is 436 g/mol. The lowest BCUT2D eigenvalue weighted by Crippen LogP contribution is -2.39. The van der Waals surface area contributed by atoms with E-state index in [0.717, 1.165) is 61.9 Å². The average Bonchev–Trinajstić information content (AvgIpc) is 3.07. The third kappa shape index (κ3) is 6.57. The smallest absolute Gasteiger partial charge is 0.243 e. The van der Waals surface area contributed by atoms with Gasteiger partial charge >= 0.3 is 0 Å². The lowest BCUT2D eigenvalue weighted by atomic mass is 10.0. The number of nitrogens with zero attached hydrogens (tertiary/aromatic N) is 3. The van der Waals surface area contributed by atoms with Gasteiger partial charge in [-0.2, -0.15) is 0 Å². The van der Waals surface area contributed by atoms with Crippen LogP contribution in [0.2, 0.25) is 0 Å². The van der Waals surface area contributed by atoms with Crippen molar-refractivity contribution < 1.29 is 9.59 Å². The van der Waals surface area contributed by atoms with Crippen molar-refractivity contribution in [2.24, 2.45) is 0 Å². The molecule has 2 amide bonds. The number of hydrazine groups is 1. The predicted molar refractivity (Wildman–Crippen MR) is 140 cm³/mol. The van der Waals surface area contributed by atoms with Gasteiger partial charge in [0.2, 0.25) is 12.3 Å². The van der Waals surface area contributed by atoms with Crippen LogP contribution in [0.25, 0.3) is 6.08 Å². The summed E-state index contributed by atoms with van der Waals surface area (Å²) in [5, 5.41) is 6.81. The molecule has 0 bridgehead atoms. The number of hydrogen-bond donors (Lipinski definition) is 1. The van der Waals surface area contributed by atoms with E-state index in [2.05, 4.69) is 51.7 Å². The molecule has 4 rings (SSSR count). The Morgan fingerprint density at radius 3 is 2.26 bits per heavy atom. The van der Waals surface area contributed by atoms with Crippen molar-refractivity contribution in [1.82, 2.24) is 15.3 Å². The van der Waals surface area contributed by atoms with Crippen molar-refractivity contribution in [3.8, 4) is 0 Å². The highest BCUT2D eigenvalue weighted by Crippen LogP contribution is 2.36. The number of anilines is 2. The van der Waals surface area contributed by atoms with Gasteiger partial charge in [-0.3, -0.25) is 24.6 Å². The van der Waals surface area contributed by atoms with E-state index in [0.29, 0.717) is 13.1 Å². The van der Waals surface area contributed by atoms with Gasteiger partial charge in [0.05, 0.1) is 11.4 Å². The van der Waals surface area contributed by atoms with Crippen molar-refractivity contribution in [1.29, 1.82) is 0 Å². The highest BCUT2D eigenvalue weighted by molar-refractivity contribution is 5.91. The van der Waals surface area contributed by atoms with Gasteiger partial charge in [0.1, 0.15) is 0 Å². The van der Waals surface area contributed by atoms with Crippen LogP contribution in [-0.4, -0.2) is 35.4 Å². The second-order valence-corrected chi connectivity index (χ2v) is 8.66. The molecule has 0 fully saturated rings. The van der Waals surface area contributed by atoms with Crippen molar-refractivity contribution in [3.05, 3.63) is 95.8 Å². The normalized spacial score (nSPS) is 12.5. The summed E-state index contributed by atoms with van der Waals surface area (Å²) in [5.41, 5.74) is 5.56. The zero-order chi connectivity index (χ0) is 24.3. The lowest BCUT2D eigenvalue weighted by Gasteiger charge is -2.35. The van der Waals surface area contributed by atoms with Crippen LogP contribution in [0.4, 0.5) is 11.4 Å². The number of carbonyl (C=O) groups excluding carboxylic acids is 2. The number of pyridine rings is 1. The molecule has 180 valence electrons. The van der Waals surface area contributed by atoms with E-state index in [1.54, 1.807) is 23.5 Å². The van der Waals surface area contributed by atoms with E-state index < -0.39 is 0 Å². The zero-order valence-corrected chi connectivity index (χ0v) is 20.0. The average molecular weight is 469 g/mol. The van der Waals surface area contributed by atoms with E-state index in [1.165, 1.54) is 17.2 Å². The summed E-state index contributed by atoms with van der Waals surface area (Å²) >= 11 is 0. The summed E-state index contributed by atoms with van der Waals surface area (Å²) in [6, 6.07) is 20.4. The molecule has 6 nitrogen and oxygen atoms in total. The first-order valence-electron chi connectivity index (χ1n) is 12.3. The van der Waals surface area contributed by atoms with Gasteiger partial charge in [-0.15, -0.1) is 0 Å². The second kappa shape index (κ2) is 12.5. The molecule has 1 N–H and O–H groups in total. The molecule has 0 saturated carbocycles. The summed E-state index contributed by atoms with van der Waals surface area (Å²) in [6.45, 7) is 1.28. The molecule has 0 unspecified atom stereocenters. The maximum Gasteiger partial charge on any atom is 0.243 e. The second-order valence-electron chi connectivity index (χ2n) is 8.66. The summed E-state index contributed by atoms with van der Waals surface area (Å²) in [5.74, 6) is -0.0977. The molecular formula is C29H32N4O2. The first-order valence-corrected chi connectivity index (χ1v) is 12.3. The largest absolute Gasteiger partial charge is 0.353 e. The Kier molecular flexibility index (Phi) is 8.65. The van der Waals surface area contributed by atoms with Gasteiger partial charge in [0.15, 0.2) is 0 Å². The Bertz CT molecular complexity index is 1100. The van der Waals surface area contributed by atoms with Crippen LogP contribution in [0.15, 0.2) is 79.1 Å². The molecule has 1 aromatic heterocycles. The number of nitrogens with one attached hydrogen (secondary N) is 1. The van der Waals surface area contributed by atoms with E-state index in [-0.39, 0.29) is 5.91 Å². The van der Waals surface area contributed by atoms with Crippen molar-refractivity contribution >= 4 is 29.8 Å². The van der Waals surface area contributed by atoms with Crippen molar-refractivity contribution in [3.63, 3.8) is 0 Å². The Hall–Kier alpha value is -3.93. The minimum Gasteiger partial charge on any atom is -0.353 e. The number of carbonyl (C=O) groups is 2. The summed E-state index contributed by atoms with van der Waals surface area (Å²) in [4.78, 5) is 28.2. The Balaban J connectivity index is 1.25. The summed E-state index contributed by atoms with van der Waals surface area (Å²) < 4.78 is 0. The van der Waals surface area contributed by atoms with E-state index in [4.69, 9.17) is 0 Å². The van der Waals surface area contributed by atoms with Gasteiger partial charge < -0.3 is 5.32 Å². The van der Waals surface area contributed by atoms with Crippen LogP contribution >= 0.6 is 0 Å². The van der Waals surface area contributed by atoms with Gasteiger partial charge in [0, 0.05) is 31.6 Å². The van der Waals surface area contributed by atoms with E-state index >= 15 is 0 Å². The molecule has 1 aliphatic heterocycles. The molecule has 0 aliphatic carbocycles. The number of aryl methyl sites for hydroxylation is 2. The number of hydrogen-bond acceptors (Lipinski definition) is 4. The van der Waals surface area contributed by atoms with Crippen LogP contribution in [0.5, 0.6) is 0 Å². The molecule has 6 heteroatoms. The minimum absolute atomic E-state index is 0.0977. The molecule has 0 atom stereocenters. The molecule has 3 aromatic rings. The first-order chi connectivity index (χ1) is 17.3. The van der Waals surface area contributed by atoms with E-state index in [9.17, 15) is 9.59 Å². The molecule has 0 spiro atoms. The first kappa shape index (κ1) is 24.2. The number of rotatable bonds is 11. The molecule has 2 heterocycles. The lowest BCUT2D eigenvalue weighted by molar-refractivity contribution is -0.118. The fourth-order valence-corrected chi connectivity index (χ4v) is 4.40. The van der Waals surface area contributed by atoms with Crippen LogP contribution in [0.3, 0.4) is 0 Å². The maximum absolute atomic E-state index is 12.2. The van der Waals surface area contributed by atoms with Gasteiger partial charge in [-0.05, 0) is 66.6 Å². The molecule has 0 radical (unpaired) electrons. The SMILES string of the molecule is O=CN(CCCCCCNC(=O)C=Cc1cccnc1)N1c2ccccc2CCc2ccccc21. The highest BCUT2D eigenvalue weighted by Gasteiger charge is 2.24. The van der Waals surface area contributed by atoms with Crippen LogP contribution < -0.4 is 10.3 Å². The van der Waals surface area contributed by atoms with Crippen LogP contribution in [-0.2, 0) is 22.4 Å². The van der Waals surface area contributed by atoms with Crippen LogP contribution in [0, 0.1) is 0 Å². The molecule has 0 saturated heterocycles. The summed E-state index contributed by atoms with van der Waals surface area (Å²) in [6.07, 6.45) is 13.4. The number of benzene rings is 2. The van der Waals surface area contributed by atoms with Gasteiger partial charge in [-0.25, -0.2) is 0 Å². The monoisotopic (exact) mass is 468 g/mol. The zero-order valence-electron chi connectivity index (χ0n) is 20.0. The minimum atomic E-state index is -0.0977. The number of amides is 2. The number of aromatic nitrogens is 1. The van der Waals surface area contributed by atoms with Crippen molar-refractivity contribution in [2.75, 3.05) is 18.1 Å². The number of unbranched alkanes of at least 4 members (excludes halogenated alkanes) is 3. The quantitative estimate of drug-likeness (QED) is 0.242. The van der Waals surface area contributed by atoms with Gasteiger partial charge in [-0.1, -0.05) is 55.3 Å². The highest BCUT2D eigenvalue weighted by atomic mass is 16.2. The number of para-hydroxylation sites is 2. The standard InChI is InChI=1S/C29H32N4O2/c34-23-32(21-8-2-1-7-20-31-29(35)18-15-24-10-9-19-30-22-24)33-27-13-5-3-11-25(27)16-17-26-12-4-6-14-28(26)33/h3-6,9-15,18-19,22-23H,1-2,7-8,16-17,20-21H2,(H,31,35). The van der Waals surface area contributed by atoms with E-state index in [1.807, 2.05) is 24.3 Å².